The van der Waals surface area contributed by atoms with Crippen LogP contribution in [0.1, 0.15) is 40.7 Å². The SMILES string of the molecule is COCc1nc2c(o1)CCN(C(=O)CCc1c(C)nc3ncnn3c1C)C2. The zero-order valence-electron chi connectivity index (χ0n) is 15.7. The third kappa shape index (κ3) is 3.30. The number of amides is 1. The molecule has 3 aromatic heterocycles. The molecule has 0 aromatic carbocycles. The van der Waals surface area contributed by atoms with Crippen molar-refractivity contribution in [3.8, 4) is 0 Å². The Morgan fingerprint density at radius 2 is 2.19 bits per heavy atom. The van der Waals surface area contributed by atoms with Crippen molar-refractivity contribution in [2.24, 2.45) is 0 Å². The largest absolute Gasteiger partial charge is 0.443 e. The lowest BCUT2D eigenvalue weighted by atomic mass is 10.1. The monoisotopic (exact) mass is 370 g/mol. The molecule has 1 aliphatic rings. The van der Waals surface area contributed by atoms with Crippen molar-refractivity contribution in [3.05, 3.63) is 40.6 Å². The van der Waals surface area contributed by atoms with Gasteiger partial charge >= 0.3 is 0 Å². The molecule has 4 heterocycles. The molecule has 0 radical (unpaired) electrons. The van der Waals surface area contributed by atoms with Crippen molar-refractivity contribution in [2.75, 3.05) is 13.7 Å². The van der Waals surface area contributed by atoms with E-state index in [4.69, 9.17) is 9.15 Å². The summed E-state index contributed by atoms with van der Waals surface area (Å²) in [7, 11) is 1.61. The molecule has 3 aromatic rings. The topological polar surface area (TPSA) is 98.7 Å². The highest BCUT2D eigenvalue weighted by atomic mass is 16.5. The van der Waals surface area contributed by atoms with Gasteiger partial charge in [0, 0.05) is 37.9 Å². The van der Waals surface area contributed by atoms with E-state index >= 15 is 0 Å². The van der Waals surface area contributed by atoms with Gasteiger partial charge in [0.25, 0.3) is 5.78 Å². The van der Waals surface area contributed by atoms with Crippen LogP contribution in [0, 0.1) is 13.8 Å². The van der Waals surface area contributed by atoms with Gasteiger partial charge in [-0.25, -0.2) is 14.5 Å². The fourth-order valence-corrected chi connectivity index (χ4v) is 3.56. The zero-order valence-corrected chi connectivity index (χ0v) is 15.7. The minimum absolute atomic E-state index is 0.106. The molecule has 0 bridgehead atoms. The van der Waals surface area contributed by atoms with Crippen LogP contribution in [-0.2, 0) is 35.5 Å². The van der Waals surface area contributed by atoms with Gasteiger partial charge in [-0.2, -0.15) is 10.1 Å². The van der Waals surface area contributed by atoms with Crippen molar-refractivity contribution in [2.45, 2.75) is 46.3 Å². The van der Waals surface area contributed by atoms with E-state index in [9.17, 15) is 4.79 Å². The van der Waals surface area contributed by atoms with Crippen LogP contribution < -0.4 is 0 Å². The number of aromatic nitrogens is 5. The number of hydrogen-bond acceptors (Lipinski definition) is 7. The lowest BCUT2D eigenvalue weighted by molar-refractivity contribution is -0.132. The molecule has 27 heavy (non-hydrogen) atoms. The highest BCUT2D eigenvalue weighted by Gasteiger charge is 2.25. The number of aryl methyl sites for hydroxylation is 2. The van der Waals surface area contributed by atoms with Crippen LogP contribution in [0.2, 0.25) is 0 Å². The molecule has 1 aliphatic heterocycles. The molecule has 0 aliphatic carbocycles. The Morgan fingerprint density at radius 3 is 3.00 bits per heavy atom. The molecular weight excluding hydrogens is 348 g/mol. The van der Waals surface area contributed by atoms with E-state index < -0.39 is 0 Å². The van der Waals surface area contributed by atoms with E-state index in [-0.39, 0.29) is 5.91 Å². The average Bonchev–Trinajstić information content (AvgIpc) is 3.27. The summed E-state index contributed by atoms with van der Waals surface area (Å²) in [5, 5.41) is 4.20. The van der Waals surface area contributed by atoms with Gasteiger partial charge in [-0.15, -0.1) is 0 Å². The van der Waals surface area contributed by atoms with E-state index in [0.29, 0.717) is 50.6 Å². The Balaban J connectivity index is 1.44. The van der Waals surface area contributed by atoms with Crippen molar-refractivity contribution in [1.82, 2.24) is 29.5 Å². The predicted octanol–water partition coefficient (Wildman–Crippen LogP) is 1.39. The second-order valence-corrected chi connectivity index (χ2v) is 6.71. The zero-order chi connectivity index (χ0) is 19.0. The number of carbonyl (C=O) groups is 1. The fraction of sp³-hybridized carbons (Fsp3) is 0.500. The van der Waals surface area contributed by atoms with Gasteiger partial charge in [0.1, 0.15) is 24.4 Å². The van der Waals surface area contributed by atoms with E-state index in [1.54, 1.807) is 11.6 Å². The van der Waals surface area contributed by atoms with Crippen LogP contribution in [0.5, 0.6) is 0 Å². The Labute approximate surface area is 156 Å². The van der Waals surface area contributed by atoms with E-state index in [0.717, 1.165) is 28.4 Å². The summed E-state index contributed by atoms with van der Waals surface area (Å²) in [6, 6.07) is 0. The van der Waals surface area contributed by atoms with Crippen LogP contribution in [0.15, 0.2) is 10.7 Å². The molecular formula is C18H22N6O3. The first kappa shape index (κ1) is 17.6. The molecule has 0 saturated heterocycles. The lowest BCUT2D eigenvalue weighted by Crippen LogP contribution is -2.36. The summed E-state index contributed by atoms with van der Waals surface area (Å²) >= 11 is 0. The number of methoxy groups -OCH3 is 1. The molecule has 0 spiro atoms. The summed E-state index contributed by atoms with van der Waals surface area (Å²) < 4.78 is 12.4. The fourth-order valence-electron chi connectivity index (χ4n) is 3.56. The van der Waals surface area contributed by atoms with Crippen LogP contribution in [0.3, 0.4) is 0 Å². The van der Waals surface area contributed by atoms with Crippen molar-refractivity contribution >= 4 is 11.7 Å². The van der Waals surface area contributed by atoms with Gasteiger partial charge in [0.05, 0.1) is 6.54 Å². The standard InChI is InChI=1S/C18H22N6O3/c1-11-13(12(2)24-18(21-11)19-10-20-24)4-5-17(25)23-7-6-15-14(8-23)22-16(27-15)9-26-3/h10H,4-9H2,1-3H3. The van der Waals surface area contributed by atoms with Crippen LogP contribution in [0.25, 0.3) is 5.78 Å². The molecule has 0 N–H and O–H groups in total. The van der Waals surface area contributed by atoms with Gasteiger partial charge in [0.15, 0.2) is 0 Å². The first-order chi connectivity index (χ1) is 13.1. The highest BCUT2D eigenvalue weighted by molar-refractivity contribution is 5.76. The number of nitrogens with zero attached hydrogens (tertiary/aromatic N) is 6. The second-order valence-electron chi connectivity index (χ2n) is 6.71. The molecule has 0 unspecified atom stereocenters. The maximum atomic E-state index is 12.7. The summed E-state index contributed by atoms with van der Waals surface area (Å²) in [5.74, 6) is 2.12. The Hall–Kier alpha value is -2.81. The molecule has 0 saturated carbocycles. The Bertz CT molecular complexity index is 993. The minimum atomic E-state index is 0.106. The summed E-state index contributed by atoms with van der Waals surface area (Å²) in [6.07, 6.45) is 3.21. The molecule has 9 nitrogen and oxygen atoms in total. The number of fused-ring (bicyclic) bond motifs is 2. The third-order valence-electron chi connectivity index (χ3n) is 4.97. The maximum Gasteiger partial charge on any atom is 0.252 e. The van der Waals surface area contributed by atoms with Gasteiger partial charge in [-0.1, -0.05) is 0 Å². The van der Waals surface area contributed by atoms with E-state index in [2.05, 4.69) is 20.1 Å². The molecule has 4 rings (SSSR count). The summed E-state index contributed by atoms with van der Waals surface area (Å²) in [6.45, 7) is 5.40. The van der Waals surface area contributed by atoms with Crippen LogP contribution in [0.4, 0.5) is 0 Å². The van der Waals surface area contributed by atoms with Crippen molar-refractivity contribution in [1.29, 1.82) is 0 Å². The van der Waals surface area contributed by atoms with Gasteiger partial charge in [0.2, 0.25) is 11.8 Å². The first-order valence-electron chi connectivity index (χ1n) is 8.96. The van der Waals surface area contributed by atoms with Crippen molar-refractivity contribution < 1.29 is 13.9 Å². The summed E-state index contributed by atoms with van der Waals surface area (Å²) in [4.78, 5) is 27.6. The number of rotatable bonds is 5. The Kier molecular flexibility index (Phi) is 4.61. The number of ether oxygens (including phenoxy) is 1. The Morgan fingerprint density at radius 1 is 1.33 bits per heavy atom. The number of oxazole rings is 1. The van der Waals surface area contributed by atoms with Gasteiger partial charge < -0.3 is 14.1 Å². The van der Waals surface area contributed by atoms with Crippen LogP contribution in [-0.4, -0.2) is 49.0 Å². The number of carbonyl (C=O) groups excluding carboxylic acids is 1. The minimum Gasteiger partial charge on any atom is -0.443 e. The quantitative estimate of drug-likeness (QED) is 0.669. The van der Waals surface area contributed by atoms with Crippen molar-refractivity contribution in [3.63, 3.8) is 0 Å². The third-order valence-corrected chi connectivity index (χ3v) is 4.97. The molecule has 0 atom stereocenters. The molecule has 9 heteroatoms. The highest BCUT2D eigenvalue weighted by Crippen LogP contribution is 2.22. The predicted molar refractivity (Wildman–Crippen MR) is 94.9 cm³/mol. The second kappa shape index (κ2) is 7.07. The van der Waals surface area contributed by atoms with E-state index in [1.165, 1.54) is 6.33 Å². The molecule has 1 amide bonds. The van der Waals surface area contributed by atoms with Gasteiger partial charge in [-0.05, 0) is 25.8 Å². The summed E-state index contributed by atoms with van der Waals surface area (Å²) in [5.41, 5.74) is 3.74. The van der Waals surface area contributed by atoms with E-state index in [1.807, 2.05) is 18.7 Å². The lowest BCUT2D eigenvalue weighted by Gasteiger charge is -2.25. The number of hydrogen-bond donors (Lipinski definition) is 0. The first-order valence-corrected chi connectivity index (χ1v) is 8.96. The van der Waals surface area contributed by atoms with Crippen LogP contribution >= 0.6 is 0 Å². The van der Waals surface area contributed by atoms with Gasteiger partial charge in [-0.3, -0.25) is 4.79 Å². The maximum absolute atomic E-state index is 12.7. The molecule has 0 fully saturated rings. The smallest absolute Gasteiger partial charge is 0.252 e. The average molecular weight is 370 g/mol. The normalized spacial score (nSPS) is 14.0. The molecule has 142 valence electrons.